The van der Waals surface area contributed by atoms with Crippen molar-refractivity contribution in [2.75, 3.05) is 18.5 Å². The lowest BCUT2D eigenvalue weighted by molar-refractivity contribution is 0.318. The van der Waals surface area contributed by atoms with Crippen LogP contribution in [0.25, 0.3) is 0 Å². The maximum atomic E-state index is 13.2. The molecule has 1 aromatic rings. The molecule has 0 bridgehead atoms. The summed E-state index contributed by atoms with van der Waals surface area (Å²) in [5.74, 6) is 0.0259. The Morgan fingerprint density at radius 2 is 2.22 bits per heavy atom. The summed E-state index contributed by atoms with van der Waals surface area (Å²) in [6, 6.07) is 4.29. The summed E-state index contributed by atoms with van der Waals surface area (Å²) in [5.41, 5.74) is 6.73. The Balaban J connectivity index is 3.07. The number of nitrogens with zero attached hydrogens (tertiary/aromatic N) is 2. The minimum Gasteiger partial charge on any atom is -0.409 e. The number of anilines is 1. The third-order valence-corrected chi connectivity index (χ3v) is 3.04. The van der Waals surface area contributed by atoms with E-state index in [0.717, 1.165) is 18.7 Å². The van der Waals surface area contributed by atoms with Gasteiger partial charge in [-0.2, -0.15) is 0 Å². The zero-order valence-electron chi connectivity index (χ0n) is 11.0. The molecule has 0 aliphatic rings. The number of halogens is 1. The highest BCUT2D eigenvalue weighted by Crippen LogP contribution is 2.22. The Bertz CT molecular complexity index is 434. The molecule has 1 rings (SSSR count). The predicted octanol–water partition coefficient (Wildman–Crippen LogP) is 2.40. The van der Waals surface area contributed by atoms with E-state index in [9.17, 15) is 4.39 Å². The first-order valence-corrected chi connectivity index (χ1v) is 5.98. The molecule has 0 radical (unpaired) electrons. The van der Waals surface area contributed by atoms with E-state index in [2.05, 4.69) is 19.0 Å². The van der Waals surface area contributed by atoms with Crippen LogP contribution in [-0.2, 0) is 0 Å². The Morgan fingerprint density at radius 1 is 1.56 bits per heavy atom. The highest BCUT2D eigenvalue weighted by molar-refractivity contribution is 6.02. The summed E-state index contributed by atoms with van der Waals surface area (Å²) in [7, 11) is 1.91. The number of amidine groups is 1. The van der Waals surface area contributed by atoms with Crippen LogP contribution >= 0.6 is 0 Å². The lowest BCUT2D eigenvalue weighted by Gasteiger charge is -2.25. The van der Waals surface area contributed by atoms with Gasteiger partial charge in [-0.05, 0) is 24.1 Å². The van der Waals surface area contributed by atoms with Crippen LogP contribution in [0.4, 0.5) is 10.1 Å². The van der Waals surface area contributed by atoms with Gasteiger partial charge in [-0.1, -0.05) is 25.4 Å². The van der Waals surface area contributed by atoms with Crippen LogP contribution in [0.1, 0.15) is 25.8 Å². The molecule has 0 spiro atoms. The number of benzene rings is 1. The van der Waals surface area contributed by atoms with Crippen molar-refractivity contribution in [3.63, 3.8) is 0 Å². The topological polar surface area (TPSA) is 61.8 Å². The van der Waals surface area contributed by atoms with Crippen LogP contribution < -0.4 is 10.6 Å². The summed E-state index contributed by atoms with van der Waals surface area (Å²) in [6.07, 6.45) is 1.06. The van der Waals surface area contributed by atoms with Gasteiger partial charge < -0.3 is 15.8 Å². The Labute approximate surface area is 107 Å². The number of hydrogen-bond acceptors (Lipinski definition) is 3. The minimum atomic E-state index is -0.405. The lowest BCUT2D eigenvalue weighted by atomic mass is 10.1. The van der Waals surface area contributed by atoms with Gasteiger partial charge in [-0.25, -0.2) is 4.39 Å². The first-order chi connectivity index (χ1) is 8.49. The van der Waals surface area contributed by atoms with Crippen molar-refractivity contribution in [2.45, 2.75) is 20.3 Å². The van der Waals surface area contributed by atoms with E-state index < -0.39 is 5.82 Å². The molecule has 1 atom stereocenters. The number of rotatable bonds is 5. The largest absolute Gasteiger partial charge is 0.409 e. The Morgan fingerprint density at radius 3 is 2.78 bits per heavy atom. The standard InChI is InChI=1S/C13H20FN3O/c1-4-9(2)8-17(3)12-6-5-10(14)7-11(12)13(15)16-18/h5-7,9,18H,4,8H2,1-3H3,(H2,15,16). The Kier molecular flexibility index (Phi) is 4.95. The summed E-state index contributed by atoms with van der Waals surface area (Å²) >= 11 is 0. The van der Waals surface area contributed by atoms with Gasteiger partial charge in [0.15, 0.2) is 5.84 Å². The molecule has 3 N–H and O–H groups in total. The fourth-order valence-corrected chi connectivity index (χ4v) is 1.80. The fraction of sp³-hybridized carbons (Fsp3) is 0.462. The molecule has 0 fully saturated rings. The second-order valence-electron chi connectivity index (χ2n) is 4.54. The summed E-state index contributed by atoms with van der Waals surface area (Å²) < 4.78 is 13.2. The summed E-state index contributed by atoms with van der Waals surface area (Å²) in [4.78, 5) is 1.99. The molecule has 1 unspecified atom stereocenters. The molecule has 0 amide bonds. The average Bonchev–Trinajstić information content (AvgIpc) is 2.37. The highest BCUT2D eigenvalue weighted by Gasteiger charge is 2.13. The SMILES string of the molecule is CCC(C)CN(C)c1ccc(F)cc1/C(N)=N/O. The molecular weight excluding hydrogens is 233 g/mol. The monoisotopic (exact) mass is 253 g/mol. The van der Waals surface area contributed by atoms with Crippen molar-refractivity contribution in [1.82, 2.24) is 0 Å². The van der Waals surface area contributed by atoms with Crippen LogP contribution in [-0.4, -0.2) is 24.6 Å². The smallest absolute Gasteiger partial charge is 0.172 e. The van der Waals surface area contributed by atoms with E-state index in [1.165, 1.54) is 12.1 Å². The molecule has 0 aliphatic heterocycles. The van der Waals surface area contributed by atoms with Gasteiger partial charge in [0.2, 0.25) is 0 Å². The van der Waals surface area contributed by atoms with E-state index in [-0.39, 0.29) is 5.84 Å². The number of hydrogen-bond donors (Lipinski definition) is 2. The molecule has 18 heavy (non-hydrogen) atoms. The van der Waals surface area contributed by atoms with Gasteiger partial charge in [-0.3, -0.25) is 0 Å². The number of nitrogens with two attached hydrogens (primary N) is 1. The van der Waals surface area contributed by atoms with E-state index in [1.54, 1.807) is 6.07 Å². The normalized spacial score (nSPS) is 13.4. The maximum absolute atomic E-state index is 13.2. The predicted molar refractivity (Wildman–Crippen MR) is 71.6 cm³/mol. The van der Waals surface area contributed by atoms with Crippen molar-refractivity contribution in [2.24, 2.45) is 16.8 Å². The third kappa shape index (κ3) is 3.35. The van der Waals surface area contributed by atoms with Crippen LogP contribution in [0.15, 0.2) is 23.4 Å². The van der Waals surface area contributed by atoms with Crippen molar-refractivity contribution in [3.05, 3.63) is 29.6 Å². The van der Waals surface area contributed by atoms with Crippen LogP contribution in [0, 0.1) is 11.7 Å². The van der Waals surface area contributed by atoms with Crippen molar-refractivity contribution < 1.29 is 9.60 Å². The van der Waals surface area contributed by atoms with E-state index in [1.807, 2.05) is 11.9 Å². The summed E-state index contributed by atoms with van der Waals surface area (Å²) in [5, 5.41) is 11.7. The zero-order chi connectivity index (χ0) is 13.7. The average molecular weight is 253 g/mol. The molecule has 5 heteroatoms. The van der Waals surface area contributed by atoms with Gasteiger partial charge in [0.25, 0.3) is 0 Å². The molecular formula is C13H20FN3O. The van der Waals surface area contributed by atoms with Crippen LogP contribution in [0.5, 0.6) is 0 Å². The second-order valence-corrected chi connectivity index (χ2v) is 4.54. The molecule has 1 aromatic carbocycles. The van der Waals surface area contributed by atoms with Gasteiger partial charge in [0.05, 0.1) is 0 Å². The van der Waals surface area contributed by atoms with Gasteiger partial charge in [0.1, 0.15) is 5.82 Å². The van der Waals surface area contributed by atoms with Crippen LogP contribution in [0.3, 0.4) is 0 Å². The molecule has 0 aromatic heterocycles. The minimum absolute atomic E-state index is 0.0829. The van der Waals surface area contributed by atoms with Crippen LogP contribution in [0.2, 0.25) is 0 Å². The first-order valence-electron chi connectivity index (χ1n) is 5.98. The van der Waals surface area contributed by atoms with Crippen molar-refractivity contribution in [1.29, 1.82) is 0 Å². The molecule has 4 nitrogen and oxygen atoms in total. The van der Waals surface area contributed by atoms with Gasteiger partial charge >= 0.3 is 0 Å². The molecule has 100 valence electrons. The highest BCUT2D eigenvalue weighted by atomic mass is 19.1. The number of oxime groups is 1. The zero-order valence-corrected chi connectivity index (χ0v) is 11.0. The molecule has 0 aliphatic carbocycles. The lowest BCUT2D eigenvalue weighted by Crippen LogP contribution is -2.27. The maximum Gasteiger partial charge on any atom is 0.172 e. The van der Waals surface area contributed by atoms with Gasteiger partial charge in [0, 0.05) is 24.8 Å². The molecule has 0 saturated heterocycles. The van der Waals surface area contributed by atoms with Crippen molar-refractivity contribution >= 4 is 11.5 Å². The summed E-state index contributed by atoms with van der Waals surface area (Å²) in [6.45, 7) is 5.09. The quantitative estimate of drug-likeness (QED) is 0.366. The van der Waals surface area contributed by atoms with E-state index >= 15 is 0 Å². The van der Waals surface area contributed by atoms with Gasteiger partial charge in [-0.15, -0.1) is 0 Å². The van der Waals surface area contributed by atoms with Crippen molar-refractivity contribution in [3.8, 4) is 0 Å². The Hall–Kier alpha value is -1.78. The van der Waals surface area contributed by atoms with E-state index in [0.29, 0.717) is 11.5 Å². The second kappa shape index (κ2) is 6.23. The van der Waals surface area contributed by atoms with E-state index in [4.69, 9.17) is 10.9 Å². The molecule has 0 saturated carbocycles. The molecule has 0 heterocycles. The third-order valence-electron chi connectivity index (χ3n) is 3.04. The first kappa shape index (κ1) is 14.3. The fourth-order valence-electron chi connectivity index (χ4n) is 1.80.